The first-order valence-corrected chi connectivity index (χ1v) is 7.74. The highest BCUT2D eigenvalue weighted by molar-refractivity contribution is 5.76. The summed E-state index contributed by atoms with van der Waals surface area (Å²) in [7, 11) is 4.58. The normalized spacial score (nSPS) is 11.5. The van der Waals surface area contributed by atoms with Crippen LogP contribution >= 0.6 is 0 Å². The molecule has 0 bridgehead atoms. The number of methoxy groups -OCH3 is 3. The van der Waals surface area contributed by atoms with Gasteiger partial charge in [0.15, 0.2) is 0 Å². The molecular weight excluding hydrogens is 342 g/mol. The number of hydrogen-bond donors (Lipinski definition) is 2. The predicted molar refractivity (Wildman–Crippen MR) is 96.5 cm³/mol. The molecule has 2 aromatic rings. The number of benzene rings is 1. The van der Waals surface area contributed by atoms with Crippen molar-refractivity contribution in [2.75, 3.05) is 38.6 Å². The third-order valence-corrected chi connectivity index (χ3v) is 3.46. The molecule has 0 aliphatic rings. The van der Waals surface area contributed by atoms with E-state index >= 15 is 0 Å². The van der Waals surface area contributed by atoms with E-state index in [-0.39, 0.29) is 23.4 Å². The number of nitro groups is 1. The first kappa shape index (κ1) is 19.2. The lowest BCUT2D eigenvalue weighted by Gasteiger charge is -2.15. The van der Waals surface area contributed by atoms with Crippen LogP contribution < -0.4 is 20.1 Å². The van der Waals surface area contributed by atoms with Gasteiger partial charge < -0.3 is 24.8 Å². The Labute approximate surface area is 150 Å². The Balaban J connectivity index is 2.42. The Morgan fingerprint density at radius 1 is 1.19 bits per heavy atom. The van der Waals surface area contributed by atoms with Crippen LogP contribution in [-0.4, -0.2) is 48.9 Å². The smallest absolute Gasteiger partial charge is 0.353 e. The molecule has 26 heavy (non-hydrogen) atoms. The first-order chi connectivity index (χ1) is 12.5. The van der Waals surface area contributed by atoms with Gasteiger partial charge in [0.25, 0.3) is 0 Å². The van der Waals surface area contributed by atoms with Crippen LogP contribution in [0.3, 0.4) is 0 Å². The van der Waals surface area contributed by atoms with Gasteiger partial charge in [0, 0.05) is 19.2 Å². The molecule has 0 aliphatic heterocycles. The van der Waals surface area contributed by atoms with Crippen molar-refractivity contribution in [3.63, 3.8) is 0 Å². The van der Waals surface area contributed by atoms with Crippen molar-refractivity contribution in [3.8, 4) is 11.5 Å². The number of ether oxygens (including phenoxy) is 3. The predicted octanol–water partition coefficient (Wildman–Crippen LogP) is 2.59. The Kier molecular flexibility index (Phi) is 6.50. The largest absolute Gasteiger partial charge is 0.497 e. The van der Waals surface area contributed by atoms with Crippen LogP contribution in [0.25, 0.3) is 0 Å². The fourth-order valence-electron chi connectivity index (χ4n) is 2.31. The maximum atomic E-state index is 11.6. The van der Waals surface area contributed by atoms with Gasteiger partial charge in [-0.3, -0.25) is 10.1 Å². The Morgan fingerprint density at radius 2 is 1.92 bits per heavy atom. The van der Waals surface area contributed by atoms with Gasteiger partial charge in [-0.15, -0.1) is 0 Å². The van der Waals surface area contributed by atoms with E-state index in [2.05, 4.69) is 20.6 Å². The first-order valence-electron chi connectivity index (χ1n) is 7.74. The van der Waals surface area contributed by atoms with Crippen LogP contribution in [-0.2, 0) is 4.74 Å². The van der Waals surface area contributed by atoms with Gasteiger partial charge in [0.2, 0.25) is 11.6 Å². The summed E-state index contributed by atoms with van der Waals surface area (Å²) in [5.41, 5.74) is 0.199. The molecule has 0 saturated heterocycles. The molecule has 0 fully saturated rings. The molecule has 10 nitrogen and oxygen atoms in total. The molecule has 1 heterocycles. The number of nitrogens with zero attached hydrogens (tertiary/aromatic N) is 3. The molecule has 1 aromatic heterocycles. The average molecular weight is 363 g/mol. The highest BCUT2D eigenvalue weighted by atomic mass is 16.6. The van der Waals surface area contributed by atoms with Crippen LogP contribution in [0.4, 0.5) is 23.0 Å². The van der Waals surface area contributed by atoms with E-state index in [0.717, 1.165) is 0 Å². The van der Waals surface area contributed by atoms with E-state index in [4.69, 9.17) is 14.2 Å². The number of anilines is 3. The van der Waals surface area contributed by atoms with Crippen molar-refractivity contribution >= 4 is 23.0 Å². The number of aromatic nitrogens is 2. The fourth-order valence-corrected chi connectivity index (χ4v) is 2.31. The molecule has 0 amide bonds. The summed E-state index contributed by atoms with van der Waals surface area (Å²) in [4.78, 5) is 19.1. The molecule has 0 aliphatic carbocycles. The monoisotopic (exact) mass is 363 g/mol. The van der Waals surface area contributed by atoms with Crippen molar-refractivity contribution in [2.45, 2.75) is 13.0 Å². The standard InChI is InChI=1S/C16H21N5O5/c1-10(8-24-2)19-15-14(21(22)23)16(18-9-17-15)20-12-7-11(25-3)5-6-13(12)26-4/h5-7,9-10H,8H2,1-4H3,(H2,17,18,19,20). The molecule has 2 rings (SSSR count). The molecule has 1 aromatic carbocycles. The van der Waals surface area contributed by atoms with Crippen LogP contribution in [0.2, 0.25) is 0 Å². The molecule has 2 N–H and O–H groups in total. The number of rotatable bonds is 9. The van der Waals surface area contributed by atoms with E-state index < -0.39 is 4.92 Å². The zero-order valence-corrected chi connectivity index (χ0v) is 15.0. The molecule has 0 saturated carbocycles. The topological polar surface area (TPSA) is 121 Å². The summed E-state index contributed by atoms with van der Waals surface area (Å²) < 4.78 is 15.5. The maximum absolute atomic E-state index is 11.6. The molecular formula is C16H21N5O5. The lowest BCUT2D eigenvalue weighted by Crippen LogP contribution is -2.22. The number of nitrogens with one attached hydrogen (secondary N) is 2. The zero-order chi connectivity index (χ0) is 19.1. The summed E-state index contributed by atoms with van der Waals surface area (Å²) >= 11 is 0. The molecule has 1 unspecified atom stereocenters. The van der Waals surface area contributed by atoms with Gasteiger partial charge in [-0.05, 0) is 19.1 Å². The highest BCUT2D eigenvalue weighted by Crippen LogP contribution is 2.36. The summed E-state index contributed by atoms with van der Waals surface area (Å²) in [6.45, 7) is 2.20. The van der Waals surface area contributed by atoms with Crippen molar-refractivity contribution in [1.29, 1.82) is 0 Å². The van der Waals surface area contributed by atoms with E-state index in [9.17, 15) is 10.1 Å². The Bertz CT molecular complexity index is 771. The van der Waals surface area contributed by atoms with Crippen LogP contribution in [0.1, 0.15) is 6.92 Å². The quantitative estimate of drug-likeness (QED) is 0.511. The van der Waals surface area contributed by atoms with Gasteiger partial charge in [-0.1, -0.05) is 0 Å². The average Bonchev–Trinajstić information content (AvgIpc) is 2.61. The fraction of sp³-hybridized carbons (Fsp3) is 0.375. The minimum Gasteiger partial charge on any atom is -0.497 e. The summed E-state index contributed by atoms with van der Waals surface area (Å²) in [6, 6.07) is 4.89. The third-order valence-electron chi connectivity index (χ3n) is 3.46. The van der Waals surface area contributed by atoms with Gasteiger partial charge in [0.1, 0.15) is 17.8 Å². The van der Waals surface area contributed by atoms with Crippen molar-refractivity contribution in [1.82, 2.24) is 9.97 Å². The molecule has 1 atom stereocenters. The summed E-state index contributed by atoms with van der Waals surface area (Å²) in [5, 5.41) is 17.5. The van der Waals surface area contributed by atoms with Crippen molar-refractivity contribution < 1.29 is 19.1 Å². The minimum absolute atomic E-state index is 0.0312. The van der Waals surface area contributed by atoms with Gasteiger partial charge >= 0.3 is 5.69 Å². The van der Waals surface area contributed by atoms with Crippen LogP contribution in [0, 0.1) is 10.1 Å². The SMILES string of the molecule is COCC(C)Nc1ncnc(Nc2cc(OC)ccc2OC)c1[N+](=O)[O-]. The van der Waals surface area contributed by atoms with Crippen molar-refractivity contribution in [2.24, 2.45) is 0 Å². The van der Waals surface area contributed by atoms with E-state index in [1.165, 1.54) is 20.5 Å². The van der Waals surface area contributed by atoms with Gasteiger partial charge in [-0.2, -0.15) is 0 Å². The minimum atomic E-state index is -0.545. The number of hydrogen-bond acceptors (Lipinski definition) is 9. The second-order valence-electron chi connectivity index (χ2n) is 5.37. The molecule has 0 spiro atoms. The van der Waals surface area contributed by atoms with E-state index in [1.54, 1.807) is 25.3 Å². The third kappa shape index (κ3) is 4.48. The maximum Gasteiger partial charge on any atom is 0.353 e. The van der Waals surface area contributed by atoms with Crippen molar-refractivity contribution in [3.05, 3.63) is 34.6 Å². The van der Waals surface area contributed by atoms with Crippen LogP contribution in [0.5, 0.6) is 11.5 Å². The van der Waals surface area contributed by atoms with E-state index in [0.29, 0.717) is 23.8 Å². The lowest BCUT2D eigenvalue weighted by atomic mass is 10.2. The summed E-state index contributed by atoms with van der Waals surface area (Å²) in [5.74, 6) is 1.18. The molecule has 140 valence electrons. The second kappa shape index (κ2) is 8.81. The lowest BCUT2D eigenvalue weighted by molar-refractivity contribution is -0.383. The summed E-state index contributed by atoms with van der Waals surface area (Å²) in [6.07, 6.45) is 1.24. The Hall–Kier alpha value is -3.14. The van der Waals surface area contributed by atoms with Gasteiger partial charge in [-0.25, -0.2) is 9.97 Å². The highest BCUT2D eigenvalue weighted by Gasteiger charge is 2.25. The van der Waals surface area contributed by atoms with Gasteiger partial charge in [0.05, 0.1) is 31.4 Å². The Morgan fingerprint density at radius 3 is 2.54 bits per heavy atom. The van der Waals surface area contributed by atoms with E-state index in [1.807, 2.05) is 6.92 Å². The molecule has 10 heteroatoms. The second-order valence-corrected chi connectivity index (χ2v) is 5.37. The van der Waals surface area contributed by atoms with Crippen LogP contribution in [0.15, 0.2) is 24.5 Å². The molecule has 0 radical (unpaired) electrons. The zero-order valence-electron chi connectivity index (χ0n) is 15.0.